The average molecular weight is 425 g/mol. The van der Waals surface area contributed by atoms with Crippen LogP contribution in [0.2, 0.25) is 0 Å². The first kappa shape index (κ1) is 23.7. The summed E-state index contributed by atoms with van der Waals surface area (Å²) >= 11 is 0. The number of aromatic nitrogens is 2. The number of nitrogens with one attached hydrogen (secondary N) is 2. The third-order valence-electron chi connectivity index (χ3n) is 4.74. The Morgan fingerprint density at radius 2 is 1.83 bits per heavy atom. The lowest BCUT2D eigenvalue weighted by atomic mass is 9.98. The summed E-state index contributed by atoms with van der Waals surface area (Å²) in [6.07, 6.45) is -2.14. The van der Waals surface area contributed by atoms with Crippen LogP contribution in [0.1, 0.15) is 35.9 Å². The van der Waals surface area contributed by atoms with E-state index in [1.807, 2.05) is 20.8 Å². The van der Waals surface area contributed by atoms with Crippen LogP contribution in [0.25, 0.3) is 0 Å². The average Bonchev–Trinajstić information content (AvgIpc) is 3.06. The molecule has 1 aromatic carbocycles. The Bertz CT molecular complexity index is 842. The quantitative estimate of drug-likeness (QED) is 0.449. The van der Waals surface area contributed by atoms with Crippen LogP contribution < -0.4 is 10.6 Å². The van der Waals surface area contributed by atoms with Crippen molar-refractivity contribution in [1.29, 1.82) is 0 Å². The third kappa shape index (κ3) is 5.98. The lowest BCUT2D eigenvalue weighted by Crippen LogP contribution is -2.45. The van der Waals surface area contributed by atoms with Crippen molar-refractivity contribution < 1.29 is 18.3 Å². The highest BCUT2D eigenvalue weighted by Crippen LogP contribution is 2.40. The second kappa shape index (κ2) is 9.97. The summed E-state index contributed by atoms with van der Waals surface area (Å²) in [4.78, 5) is 7.91. The van der Waals surface area contributed by atoms with Gasteiger partial charge in [0.15, 0.2) is 5.96 Å². The molecule has 0 radical (unpaired) electrons. The van der Waals surface area contributed by atoms with Gasteiger partial charge in [0.25, 0.3) is 0 Å². The predicted molar refractivity (Wildman–Crippen MR) is 111 cm³/mol. The normalized spacial score (nSPS) is 14.5. The summed E-state index contributed by atoms with van der Waals surface area (Å²) < 4.78 is 41.9. The van der Waals surface area contributed by atoms with E-state index < -0.39 is 24.0 Å². The fourth-order valence-corrected chi connectivity index (χ4v) is 3.35. The number of hydrogen-bond acceptors (Lipinski definition) is 3. The third-order valence-corrected chi connectivity index (χ3v) is 4.74. The van der Waals surface area contributed by atoms with Crippen LogP contribution in [0, 0.1) is 13.8 Å². The second-order valence-electron chi connectivity index (χ2n) is 7.40. The topological polar surface area (TPSA) is 74.5 Å². The van der Waals surface area contributed by atoms with Gasteiger partial charge >= 0.3 is 6.18 Å². The van der Waals surface area contributed by atoms with E-state index in [1.165, 1.54) is 40.7 Å². The zero-order chi connectivity index (χ0) is 22.4. The molecule has 0 fully saturated rings. The van der Waals surface area contributed by atoms with E-state index in [0.29, 0.717) is 19.0 Å². The van der Waals surface area contributed by atoms with Crippen molar-refractivity contribution >= 4 is 5.96 Å². The number of guanidine groups is 1. The molecule has 0 spiro atoms. The molecule has 2 rings (SSSR count). The van der Waals surface area contributed by atoms with Crippen molar-refractivity contribution in [3.8, 4) is 0 Å². The summed E-state index contributed by atoms with van der Waals surface area (Å²) in [7, 11) is 1.42. The summed E-state index contributed by atoms with van der Waals surface area (Å²) in [6.45, 7) is 6.89. The minimum absolute atomic E-state index is 0.220. The highest BCUT2D eigenvalue weighted by Gasteiger charge is 2.57. The molecule has 30 heavy (non-hydrogen) atoms. The molecular weight excluding hydrogens is 395 g/mol. The Balaban J connectivity index is 2.03. The van der Waals surface area contributed by atoms with Gasteiger partial charge in [-0.1, -0.05) is 29.3 Å². The van der Waals surface area contributed by atoms with Crippen molar-refractivity contribution in [2.75, 3.05) is 19.6 Å². The molecule has 6 nitrogen and oxygen atoms in total. The van der Waals surface area contributed by atoms with Crippen molar-refractivity contribution in [1.82, 2.24) is 20.2 Å². The minimum Gasteiger partial charge on any atom is -0.374 e. The van der Waals surface area contributed by atoms with Gasteiger partial charge in [-0.3, -0.25) is 4.99 Å². The van der Waals surface area contributed by atoms with Gasteiger partial charge in [0, 0.05) is 45.5 Å². The second-order valence-corrected chi connectivity index (χ2v) is 7.40. The van der Waals surface area contributed by atoms with Crippen LogP contribution in [-0.4, -0.2) is 46.4 Å². The highest BCUT2D eigenvalue weighted by atomic mass is 19.4. The Kier molecular flexibility index (Phi) is 7.89. The molecule has 9 heteroatoms. The number of aryl methyl sites for hydroxylation is 3. The molecule has 0 aliphatic heterocycles. The van der Waals surface area contributed by atoms with Gasteiger partial charge in [-0.05, 0) is 32.8 Å². The van der Waals surface area contributed by atoms with Gasteiger partial charge in [0.2, 0.25) is 5.60 Å². The van der Waals surface area contributed by atoms with Gasteiger partial charge in [-0.25, -0.2) is 4.98 Å². The van der Waals surface area contributed by atoms with Crippen LogP contribution in [0.3, 0.4) is 0 Å². The van der Waals surface area contributed by atoms with Gasteiger partial charge < -0.3 is 20.3 Å². The number of nitrogens with zero attached hydrogens (tertiary/aromatic N) is 3. The van der Waals surface area contributed by atoms with Crippen LogP contribution in [0.15, 0.2) is 35.6 Å². The Morgan fingerprint density at radius 3 is 2.37 bits per heavy atom. The number of aliphatic hydroxyl groups is 1. The number of imidazole rings is 1. The molecule has 3 N–H and O–H groups in total. The summed E-state index contributed by atoms with van der Waals surface area (Å²) in [5, 5.41) is 16.5. The van der Waals surface area contributed by atoms with Gasteiger partial charge in [-0.15, -0.1) is 0 Å². The lowest BCUT2D eigenvalue weighted by Gasteiger charge is -2.29. The fourth-order valence-electron chi connectivity index (χ4n) is 3.35. The number of aliphatic imine (C=N–C) groups is 1. The predicted octanol–water partition coefficient (Wildman–Crippen LogP) is 2.97. The molecule has 0 amide bonds. The number of rotatable bonds is 8. The summed E-state index contributed by atoms with van der Waals surface area (Å²) in [5.74, 6) is -0.0378. The van der Waals surface area contributed by atoms with Gasteiger partial charge in [-0.2, -0.15) is 13.2 Å². The SMILES string of the molecule is CCNC(=NCCC(O)(c1nccn1C)C(F)(F)F)NCCc1cc(C)cc(C)c1. The number of alkyl halides is 3. The number of halogens is 3. The largest absolute Gasteiger partial charge is 0.424 e. The first-order valence-electron chi connectivity index (χ1n) is 9.93. The Morgan fingerprint density at radius 1 is 1.17 bits per heavy atom. The maximum Gasteiger partial charge on any atom is 0.424 e. The standard InChI is InChI=1S/C21H30F3N5O/c1-5-25-19(27-8-6-17-13-15(2)12-16(3)14-17)28-9-7-20(30,21(22,23)24)18-26-10-11-29(18)4/h10-14,30H,5-9H2,1-4H3,(H2,25,27,28). The maximum atomic E-state index is 13.6. The zero-order valence-electron chi connectivity index (χ0n) is 17.8. The van der Waals surface area contributed by atoms with E-state index in [4.69, 9.17) is 0 Å². The van der Waals surface area contributed by atoms with Crippen LogP contribution in [0.4, 0.5) is 13.2 Å². The molecule has 1 atom stereocenters. The van der Waals surface area contributed by atoms with Crippen molar-refractivity contribution in [2.45, 2.75) is 45.4 Å². The summed E-state index contributed by atoms with van der Waals surface area (Å²) in [5.41, 5.74) is 0.486. The van der Waals surface area contributed by atoms with Crippen molar-refractivity contribution in [3.63, 3.8) is 0 Å². The van der Waals surface area contributed by atoms with E-state index in [9.17, 15) is 18.3 Å². The Labute approximate surface area is 175 Å². The molecule has 166 valence electrons. The highest BCUT2D eigenvalue weighted by molar-refractivity contribution is 5.79. The smallest absolute Gasteiger partial charge is 0.374 e. The van der Waals surface area contributed by atoms with Crippen LogP contribution in [-0.2, 0) is 19.1 Å². The number of hydrogen-bond donors (Lipinski definition) is 3. The minimum atomic E-state index is -4.86. The molecule has 1 unspecified atom stereocenters. The molecule has 0 saturated heterocycles. The van der Waals surface area contributed by atoms with E-state index >= 15 is 0 Å². The van der Waals surface area contributed by atoms with Crippen LogP contribution in [0.5, 0.6) is 0 Å². The van der Waals surface area contributed by atoms with E-state index in [0.717, 1.165) is 6.42 Å². The molecule has 0 saturated carbocycles. The van der Waals surface area contributed by atoms with Gasteiger partial charge in [0.05, 0.1) is 0 Å². The maximum absolute atomic E-state index is 13.6. The van der Waals surface area contributed by atoms with Crippen LogP contribution >= 0.6 is 0 Å². The molecule has 0 aliphatic carbocycles. The lowest BCUT2D eigenvalue weighted by molar-refractivity contribution is -0.272. The molecule has 0 bridgehead atoms. The number of benzene rings is 1. The Hall–Kier alpha value is -2.55. The fraction of sp³-hybridized carbons (Fsp3) is 0.524. The first-order valence-corrected chi connectivity index (χ1v) is 9.93. The monoisotopic (exact) mass is 425 g/mol. The first-order chi connectivity index (χ1) is 14.1. The van der Waals surface area contributed by atoms with E-state index in [2.05, 4.69) is 38.8 Å². The van der Waals surface area contributed by atoms with E-state index in [-0.39, 0.29) is 6.54 Å². The van der Waals surface area contributed by atoms with Crippen molar-refractivity contribution in [2.24, 2.45) is 12.0 Å². The molecule has 2 aromatic rings. The molecule has 1 heterocycles. The molecule has 0 aliphatic rings. The summed E-state index contributed by atoms with van der Waals surface area (Å²) in [6, 6.07) is 6.32. The molecule has 1 aromatic heterocycles. The molecular formula is C21H30F3N5O. The van der Waals surface area contributed by atoms with Gasteiger partial charge in [0.1, 0.15) is 5.82 Å². The van der Waals surface area contributed by atoms with Crippen molar-refractivity contribution in [3.05, 3.63) is 53.1 Å². The van der Waals surface area contributed by atoms with E-state index in [1.54, 1.807) is 0 Å². The zero-order valence-corrected chi connectivity index (χ0v) is 17.8.